The van der Waals surface area contributed by atoms with Crippen molar-refractivity contribution in [2.45, 2.75) is 19.5 Å². The van der Waals surface area contributed by atoms with Crippen LogP contribution in [0.3, 0.4) is 0 Å². The maximum Gasteiger partial charge on any atom is 0.0492 e. The maximum absolute atomic E-state index is 4.22. The predicted octanol–water partition coefficient (Wildman–Crippen LogP) is 2.34. The Morgan fingerprint density at radius 3 is 2.80 bits per heavy atom. The van der Waals surface area contributed by atoms with E-state index in [1.807, 2.05) is 25.0 Å². The summed E-state index contributed by atoms with van der Waals surface area (Å²) in [7, 11) is 3.98. The van der Waals surface area contributed by atoms with E-state index in [4.69, 9.17) is 0 Å². The highest BCUT2D eigenvalue weighted by Gasteiger charge is 2.08. The lowest BCUT2D eigenvalue weighted by Crippen LogP contribution is -2.06. The van der Waals surface area contributed by atoms with E-state index in [1.165, 1.54) is 22.2 Å². The van der Waals surface area contributed by atoms with Gasteiger partial charge in [0.15, 0.2) is 0 Å². The van der Waals surface area contributed by atoms with Gasteiger partial charge in [0.05, 0.1) is 0 Å². The van der Waals surface area contributed by atoms with Crippen molar-refractivity contribution in [2.75, 3.05) is 7.05 Å². The van der Waals surface area contributed by atoms with Gasteiger partial charge in [-0.15, -0.1) is 0 Å². The average molecular weight is 268 g/mol. The molecular formula is C16H20N4. The second-order valence-corrected chi connectivity index (χ2v) is 5.09. The van der Waals surface area contributed by atoms with Crippen molar-refractivity contribution >= 4 is 10.9 Å². The van der Waals surface area contributed by atoms with Crippen LogP contribution in [0, 0.1) is 0 Å². The minimum Gasteiger partial charge on any atom is -0.347 e. The summed E-state index contributed by atoms with van der Waals surface area (Å²) in [5.74, 6) is 0. The van der Waals surface area contributed by atoms with Gasteiger partial charge in [-0.3, -0.25) is 4.68 Å². The molecule has 0 fully saturated rings. The van der Waals surface area contributed by atoms with E-state index in [-0.39, 0.29) is 0 Å². The highest BCUT2D eigenvalue weighted by molar-refractivity contribution is 5.83. The highest BCUT2D eigenvalue weighted by atomic mass is 15.3. The van der Waals surface area contributed by atoms with Crippen molar-refractivity contribution < 1.29 is 0 Å². The summed E-state index contributed by atoms with van der Waals surface area (Å²) < 4.78 is 4.29. The zero-order valence-corrected chi connectivity index (χ0v) is 12.0. The molecule has 0 saturated carbocycles. The Hall–Kier alpha value is -2.07. The summed E-state index contributed by atoms with van der Waals surface area (Å²) >= 11 is 0. The molecule has 2 aromatic heterocycles. The minimum absolute atomic E-state index is 0.902. The van der Waals surface area contributed by atoms with E-state index in [1.54, 1.807) is 0 Å². The third-order valence-electron chi connectivity index (χ3n) is 3.77. The number of nitrogens with one attached hydrogen (secondary N) is 1. The predicted molar refractivity (Wildman–Crippen MR) is 81.6 cm³/mol. The van der Waals surface area contributed by atoms with E-state index < -0.39 is 0 Å². The molecular weight excluding hydrogens is 248 g/mol. The number of hydrogen-bond acceptors (Lipinski definition) is 2. The van der Waals surface area contributed by atoms with Crippen molar-refractivity contribution in [3.63, 3.8) is 0 Å². The van der Waals surface area contributed by atoms with Crippen molar-refractivity contribution in [3.05, 3.63) is 54.0 Å². The first kappa shape index (κ1) is 12.9. The molecule has 1 aromatic carbocycles. The Labute approximate surface area is 119 Å². The lowest BCUT2D eigenvalue weighted by atomic mass is 10.2. The van der Waals surface area contributed by atoms with Crippen LogP contribution in [-0.2, 0) is 26.6 Å². The topological polar surface area (TPSA) is 34.8 Å². The molecule has 3 aromatic rings. The van der Waals surface area contributed by atoms with E-state index in [0.29, 0.717) is 0 Å². The molecule has 4 heteroatoms. The first-order valence-electron chi connectivity index (χ1n) is 6.98. The molecule has 0 bridgehead atoms. The number of nitrogens with zero attached hydrogens (tertiary/aromatic N) is 3. The molecule has 0 radical (unpaired) electrons. The number of para-hydroxylation sites is 1. The summed E-state index contributed by atoms with van der Waals surface area (Å²) in [6, 6.07) is 10.7. The number of benzene rings is 1. The van der Waals surface area contributed by atoms with Crippen LogP contribution in [0.25, 0.3) is 10.9 Å². The Balaban J connectivity index is 1.89. The molecule has 0 amide bonds. The van der Waals surface area contributed by atoms with Gasteiger partial charge in [0.1, 0.15) is 0 Å². The van der Waals surface area contributed by atoms with Crippen molar-refractivity contribution in [1.29, 1.82) is 0 Å². The van der Waals surface area contributed by atoms with Crippen LogP contribution < -0.4 is 5.32 Å². The number of hydrogen-bond donors (Lipinski definition) is 1. The quantitative estimate of drug-likeness (QED) is 0.771. The van der Waals surface area contributed by atoms with Crippen LogP contribution in [0.1, 0.15) is 11.3 Å². The van der Waals surface area contributed by atoms with Crippen molar-refractivity contribution in [3.8, 4) is 0 Å². The second kappa shape index (κ2) is 5.51. The summed E-state index contributed by atoms with van der Waals surface area (Å²) in [4.78, 5) is 0. The summed E-state index contributed by atoms with van der Waals surface area (Å²) in [6.45, 7) is 1.88. The fourth-order valence-corrected chi connectivity index (χ4v) is 2.72. The molecule has 0 aliphatic carbocycles. The van der Waals surface area contributed by atoms with E-state index >= 15 is 0 Å². The summed E-state index contributed by atoms with van der Waals surface area (Å²) in [5, 5.41) is 8.80. The molecule has 0 spiro atoms. The maximum atomic E-state index is 4.22. The largest absolute Gasteiger partial charge is 0.347 e. The number of fused-ring (bicyclic) bond motifs is 1. The van der Waals surface area contributed by atoms with Gasteiger partial charge in [0, 0.05) is 55.5 Å². The average Bonchev–Trinajstić information content (AvgIpc) is 3.02. The van der Waals surface area contributed by atoms with Gasteiger partial charge in [-0.25, -0.2) is 0 Å². The molecule has 0 atom stereocenters. The first-order chi connectivity index (χ1) is 9.79. The van der Waals surface area contributed by atoms with Crippen molar-refractivity contribution in [1.82, 2.24) is 19.7 Å². The van der Waals surface area contributed by atoms with Gasteiger partial charge < -0.3 is 9.88 Å². The smallest absolute Gasteiger partial charge is 0.0492 e. The minimum atomic E-state index is 0.902. The summed E-state index contributed by atoms with van der Waals surface area (Å²) in [5.41, 5.74) is 3.92. The van der Waals surface area contributed by atoms with E-state index in [2.05, 4.69) is 51.5 Å². The first-order valence-corrected chi connectivity index (χ1v) is 6.98. The number of aryl methyl sites for hydroxylation is 3. The molecule has 2 heterocycles. The van der Waals surface area contributed by atoms with Gasteiger partial charge in [0.25, 0.3) is 0 Å². The zero-order chi connectivity index (χ0) is 13.9. The van der Waals surface area contributed by atoms with Gasteiger partial charge in [-0.05, 0) is 24.7 Å². The number of rotatable bonds is 5. The van der Waals surface area contributed by atoms with Crippen LogP contribution >= 0.6 is 0 Å². The molecule has 20 heavy (non-hydrogen) atoms. The molecule has 0 unspecified atom stereocenters. The Morgan fingerprint density at radius 2 is 2.05 bits per heavy atom. The van der Waals surface area contributed by atoms with Gasteiger partial charge in [-0.1, -0.05) is 18.2 Å². The lowest BCUT2D eigenvalue weighted by molar-refractivity contribution is 0.647. The normalized spacial score (nSPS) is 11.3. The molecule has 1 N–H and O–H groups in total. The monoisotopic (exact) mass is 268 g/mol. The SMILES string of the molecule is CNCc1cn(CCc2ccnn2C)c2ccccc12. The summed E-state index contributed by atoms with van der Waals surface area (Å²) in [6.07, 6.45) is 5.11. The zero-order valence-electron chi connectivity index (χ0n) is 12.0. The Kier molecular flexibility index (Phi) is 3.56. The third-order valence-corrected chi connectivity index (χ3v) is 3.77. The van der Waals surface area contributed by atoms with Crippen LogP contribution in [0.4, 0.5) is 0 Å². The Morgan fingerprint density at radius 1 is 1.20 bits per heavy atom. The molecule has 4 nitrogen and oxygen atoms in total. The molecule has 104 valence electrons. The van der Waals surface area contributed by atoms with E-state index in [0.717, 1.165) is 19.5 Å². The van der Waals surface area contributed by atoms with Crippen LogP contribution in [0.15, 0.2) is 42.7 Å². The Bertz CT molecular complexity index is 708. The molecule has 0 saturated heterocycles. The molecule has 0 aliphatic heterocycles. The van der Waals surface area contributed by atoms with Crippen LogP contribution in [-0.4, -0.2) is 21.4 Å². The lowest BCUT2D eigenvalue weighted by Gasteiger charge is -2.05. The second-order valence-electron chi connectivity index (χ2n) is 5.09. The van der Waals surface area contributed by atoms with Crippen LogP contribution in [0.5, 0.6) is 0 Å². The fourth-order valence-electron chi connectivity index (χ4n) is 2.72. The molecule has 3 rings (SSSR count). The van der Waals surface area contributed by atoms with Gasteiger partial charge in [-0.2, -0.15) is 5.10 Å². The van der Waals surface area contributed by atoms with Gasteiger partial charge >= 0.3 is 0 Å². The number of aromatic nitrogens is 3. The van der Waals surface area contributed by atoms with Crippen molar-refractivity contribution in [2.24, 2.45) is 7.05 Å². The van der Waals surface area contributed by atoms with Gasteiger partial charge in [0.2, 0.25) is 0 Å². The van der Waals surface area contributed by atoms with Crippen LogP contribution in [0.2, 0.25) is 0 Å². The fraction of sp³-hybridized carbons (Fsp3) is 0.312. The third kappa shape index (κ3) is 2.34. The van der Waals surface area contributed by atoms with E-state index in [9.17, 15) is 0 Å². The molecule has 0 aliphatic rings. The standard InChI is InChI=1S/C16H20N4/c1-17-11-13-12-20(16-6-4-3-5-15(13)16)10-8-14-7-9-18-19(14)2/h3-7,9,12,17H,8,10-11H2,1-2H3. The highest BCUT2D eigenvalue weighted by Crippen LogP contribution is 2.21.